The van der Waals surface area contributed by atoms with E-state index in [0.717, 1.165) is 0 Å². The van der Waals surface area contributed by atoms with E-state index >= 15 is 0 Å². The van der Waals surface area contributed by atoms with E-state index in [9.17, 15) is 4.39 Å². The molecule has 0 spiro atoms. The molecule has 0 bridgehead atoms. The van der Waals surface area contributed by atoms with Gasteiger partial charge in [0.15, 0.2) is 0 Å². The zero-order valence-electron chi connectivity index (χ0n) is 6.74. The molecule has 0 saturated carbocycles. The first-order chi connectivity index (χ1) is 6.16. The van der Waals surface area contributed by atoms with Gasteiger partial charge in [0, 0.05) is 11.0 Å². The molecular formula is C8H7BFNO2. The molecule has 1 rings (SSSR count). The minimum absolute atomic E-state index is 0.0770. The molecule has 2 N–H and O–H groups in total. The van der Waals surface area contributed by atoms with Crippen molar-refractivity contribution < 1.29 is 14.4 Å². The van der Waals surface area contributed by atoms with Crippen LogP contribution in [0.2, 0.25) is 0 Å². The van der Waals surface area contributed by atoms with E-state index in [1.807, 2.05) is 0 Å². The van der Waals surface area contributed by atoms with E-state index in [2.05, 4.69) is 0 Å². The smallest absolute Gasteiger partial charge is 0.423 e. The quantitative estimate of drug-likeness (QED) is 0.605. The Morgan fingerprint density at radius 2 is 2.15 bits per heavy atom. The van der Waals surface area contributed by atoms with E-state index in [1.54, 1.807) is 6.07 Å². The molecule has 0 radical (unpaired) electrons. The average Bonchev–Trinajstić information content (AvgIpc) is 2.08. The number of nitrogens with zero attached hydrogens (tertiary/aromatic N) is 1. The number of hydrogen-bond donors (Lipinski definition) is 2. The topological polar surface area (TPSA) is 64.2 Å². The molecule has 3 nitrogen and oxygen atoms in total. The van der Waals surface area contributed by atoms with Crippen molar-refractivity contribution in [3.63, 3.8) is 0 Å². The van der Waals surface area contributed by atoms with Crippen molar-refractivity contribution in [1.82, 2.24) is 0 Å². The number of nitriles is 1. The van der Waals surface area contributed by atoms with Crippen LogP contribution in [-0.4, -0.2) is 17.2 Å². The van der Waals surface area contributed by atoms with Gasteiger partial charge in [0.05, 0.1) is 12.5 Å². The Kier molecular flexibility index (Phi) is 3.01. The molecule has 0 unspecified atom stereocenters. The van der Waals surface area contributed by atoms with E-state index in [0.29, 0.717) is 0 Å². The lowest BCUT2D eigenvalue weighted by Gasteiger charge is -2.03. The molecule has 1 aromatic carbocycles. The lowest BCUT2D eigenvalue weighted by atomic mass is 9.79. The fraction of sp³-hybridized carbons (Fsp3) is 0.125. The molecule has 66 valence electrons. The van der Waals surface area contributed by atoms with Crippen LogP contribution in [0.25, 0.3) is 0 Å². The Labute approximate surface area is 75.2 Å². The van der Waals surface area contributed by atoms with Crippen LogP contribution in [0.3, 0.4) is 0 Å². The van der Waals surface area contributed by atoms with Gasteiger partial charge in [-0.05, 0) is 0 Å². The maximum atomic E-state index is 13.2. The summed E-state index contributed by atoms with van der Waals surface area (Å²) in [7, 11) is -1.83. The van der Waals surface area contributed by atoms with Gasteiger partial charge in [-0.25, -0.2) is 4.39 Å². The van der Waals surface area contributed by atoms with Gasteiger partial charge in [-0.1, -0.05) is 18.2 Å². The molecular weight excluding hydrogens is 172 g/mol. The summed E-state index contributed by atoms with van der Waals surface area (Å²) in [5.41, 5.74) is -0.0270. The second-order valence-electron chi connectivity index (χ2n) is 2.53. The molecule has 1 aromatic rings. The normalized spacial score (nSPS) is 9.38. The number of benzene rings is 1. The highest BCUT2D eigenvalue weighted by molar-refractivity contribution is 6.58. The van der Waals surface area contributed by atoms with Crippen LogP contribution in [-0.2, 0) is 6.42 Å². The predicted octanol–water partition coefficient (Wildman–Crippen LogP) is -0.428. The van der Waals surface area contributed by atoms with Gasteiger partial charge in [-0.3, -0.25) is 0 Å². The van der Waals surface area contributed by atoms with Crippen molar-refractivity contribution in [3.8, 4) is 6.07 Å². The number of halogens is 1. The average molecular weight is 179 g/mol. The van der Waals surface area contributed by atoms with Gasteiger partial charge in [0.2, 0.25) is 0 Å². The Bertz CT molecular complexity index is 348. The summed E-state index contributed by atoms with van der Waals surface area (Å²) >= 11 is 0. The fourth-order valence-corrected chi connectivity index (χ4v) is 1.02. The summed E-state index contributed by atoms with van der Waals surface area (Å²) in [4.78, 5) is 0. The number of rotatable bonds is 2. The second-order valence-corrected chi connectivity index (χ2v) is 2.53. The summed E-state index contributed by atoms with van der Waals surface area (Å²) < 4.78 is 13.2. The third-order valence-electron chi connectivity index (χ3n) is 1.66. The molecule has 0 amide bonds. The van der Waals surface area contributed by atoms with Gasteiger partial charge in [0.1, 0.15) is 5.82 Å². The van der Waals surface area contributed by atoms with Gasteiger partial charge in [0.25, 0.3) is 0 Å². The van der Waals surface area contributed by atoms with Crippen molar-refractivity contribution in [2.75, 3.05) is 0 Å². The molecule has 0 atom stereocenters. The van der Waals surface area contributed by atoms with Crippen LogP contribution in [0.5, 0.6) is 0 Å². The largest absolute Gasteiger partial charge is 0.491 e. The SMILES string of the molecule is N#CCc1cccc(B(O)O)c1F. The Morgan fingerprint density at radius 1 is 1.46 bits per heavy atom. The van der Waals surface area contributed by atoms with Crippen LogP contribution in [0, 0.1) is 17.1 Å². The van der Waals surface area contributed by atoms with E-state index in [4.69, 9.17) is 15.3 Å². The van der Waals surface area contributed by atoms with Crippen LogP contribution in [0.1, 0.15) is 5.56 Å². The van der Waals surface area contributed by atoms with Crippen molar-refractivity contribution in [3.05, 3.63) is 29.6 Å². The maximum absolute atomic E-state index is 13.2. The molecule has 0 heterocycles. The third kappa shape index (κ3) is 2.05. The summed E-state index contributed by atoms with van der Waals surface area (Å²) in [6.45, 7) is 0. The van der Waals surface area contributed by atoms with Crippen LogP contribution in [0.4, 0.5) is 4.39 Å². The van der Waals surface area contributed by atoms with E-state index in [-0.39, 0.29) is 17.4 Å². The Morgan fingerprint density at radius 3 is 2.69 bits per heavy atom. The first kappa shape index (κ1) is 9.71. The van der Waals surface area contributed by atoms with Crippen molar-refractivity contribution >= 4 is 12.6 Å². The van der Waals surface area contributed by atoms with Gasteiger partial charge >= 0.3 is 7.12 Å². The number of hydrogen-bond acceptors (Lipinski definition) is 3. The van der Waals surface area contributed by atoms with Crippen LogP contribution < -0.4 is 5.46 Å². The van der Waals surface area contributed by atoms with Crippen LogP contribution in [0.15, 0.2) is 18.2 Å². The van der Waals surface area contributed by atoms with Crippen molar-refractivity contribution in [2.24, 2.45) is 0 Å². The first-order valence-corrected chi connectivity index (χ1v) is 3.67. The van der Waals surface area contributed by atoms with Gasteiger partial charge in [-0.15, -0.1) is 0 Å². The Hall–Kier alpha value is -1.38. The molecule has 13 heavy (non-hydrogen) atoms. The predicted molar refractivity (Wildman–Crippen MR) is 45.5 cm³/mol. The fourth-order valence-electron chi connectivity index (χ4n) is 1.02. The second kappa shape index (κ2) is 4.03. The zero-order chi connectivity index (χ0) is 9.84. The van der Waals surface area contributed by atoms with Crippen LogP contribution >= 0.6 is 0 Å². The van der Waals surface area contributed by atoms with Crippen molar-refractivity contribution in [2.45, 2.75) is 6.42 Å². The summed E-state index contributed by atoms with van der Waals surface area (Å²) in [6.07, 6.45) is -0.0770. The molecule has 0 aliphatic heterocycles. The standard InChI is InChI=1S/C8H7BFNO2/c10-8-6(4-5-11)2-1-3-7(8)9(12)13/h1-3,12-13H,4H2. The molecule has 0 saturated heterocycles. The highest BCUT2D eigenvalue weighted by Crippen LogP contribution is 2.05. The highest BCUT2D eigenvalue weighted by atomic mass is 19.1. The lowest BCUT2D eigenvalue weighted by molar-refractivity contribution is 0.422. The highest BCUT2D eigenvalue weighted by Gasteiger charge is 2.17. The minimum atomic E-state index is -1.83. The molecule has 0 fully saturated rings. The Balaban J connectivity index is 3.12. The van der Waals surface area contributed by atoms with Gasteiger partial charge in [-0.2, -0.15) is 5.26 Å². The van der Waals surface area contributed by atoms with Gasteiger partial charge < -0.3 is 10.0 Å². The van der Waals surface area contributed by atoms with Crippen molar-refractivity contribution in [1.29, 1.82) is 5.26 Å². The monoisotopic (exact) mass is 179 g/mol. The molecule has 5 heteroatoms. The summed E-state index contributed by atoms with van der Waals surface area (Å²) in [5, 5.41) is 25.8. The minimum Gasteiger partial charge on any atom is -0.423 e. The zero-order valence-corrected chi connectivity index (χ0v) is 6.74. The maximum Gasteiger partial charge on any atom is 0.491 e. The molecule has 0 aliphatic carbocycles. The van der Waals surface area contributed by atoms with E-state index < -0.39 is 12.9 Å². The lowest BCUT2D eigenvalue weighted by Crippen LogP contribution is -2.33. The summed E-state index contributed by atoms with van der Waals surface area (Å²) in [5.74, 6) is -0.723. The summed E-state index contributed by atoms with van der Waals surface area (Å²) in [6, 6.07) is 5.96. The molecule has 0 aromatic heterocycles. The van der Waals surface area contributed by atoms with E-state index in [1.165, 1.54) is 18.2 Å². The third-order valence-corrected chi connectivity index (χ3v) is 1.66. The first-order valence-electron chi connectivity index (χ1n) is 3.67. The molecule has 0 aliphatic rings.